The summed E-state index contributed by atoms with van der Waals surface area (Å²) in [6.07, 6.45) is 7.76. The summed E-state index contributed by atoms with van der Waals surface area (Å²) in [5, 5.41) is 0. The number of rotatable bonds is 5. The fourth-order valence-corrected chi connectivity index (χ4v) is 3.56. The van der Waals surface area contributed by atoms with Crippen molar-refractivity contribution in [3.63, 3.8) is 0 Å². The fourth-order valence-electron chi connectivity index (χ4n) is 3.56. The topological polar surface area (TPSA) is 26.3 Å². The number of fused-ring (bicyclic) bond motifs is 1. The van der Waals surface area contributed by atoms with Crippen LogP contribution in [0.2, 0.25) is 0 Å². The van der Waals surface area contributed by atoms with Crippen LogP contribution in [-0.4, -0.2) is 5.97 Å². The van der Waals surface area contributed by atoms with E-state index in [-0.39, 0.29) is 17.5 Å². The van der Waals surface area contributed by atoms with Crippen molar-refractivity contribution in [2.24, 2.45) is 11.3 Å². The first-order chi connectivity index (χ1) is 11.4. The maximum atomic E-state index is 12.3. The molecule has 3 unspecified atom stereocenters. The monoisotopic (exact) mass is 322 g/mol. The van der Waals surface area contributed by atoms with Gasteiger partial charge < -0.3 is 4.74 Å². The van der Waals surface area contributed by atoms with Crippen molar-refractivity contribution in [2.45, 2.75) is 46.6 Å². The lowest BCUT2D eigenvalue weighted by atomic mass is 10.00. The molecule has 2 nitrogen and oxygen atoms in total. The van der Waals surface area contributed by atoms with E-state index in [1.165, 1.54) is 22.3 Å². The van der Waals surface area contributed by atoms with Crippen LogP contribution in [0.1, 0.15) is 56.9 Å². The maximum Gasteiger partial charge on any atom is 0.312 e. The second kappa shape index (κ2) is 6.08. The number of benzene rings is 1. The molecule has 3 atom stereocenters. The molecule has 2 aliphatic rings. The molecule has 0 bridgehead atoms. The third-order valence-corrected chi connectivity index (χ3v) is 5.60. The van der Waals surface area contributed by atoms with Gasteiger partial charge in [0, 0.05) is 0 Å². The summed E-state index contributed by atoms with van der Waals surface area (Å²) < 4.78 is 5.73. The molecule has 0 amide bonds. The third kappa shape index (κ3) is 2.75. The first-order valence-corrected chi connectivity index (χ1v) is 8.73. The number of ether oxygens (including phenoxy) is 1. The molecule has 0 saturated heterocycles. The summed E-state index contributed by atoms with van der Waals surface area (Å²) in [7, 11) is 0. The van der Waals surface area contributed by atoms with Gasteiger partial charge in [-0.15, -0.1) is 0 Å². The normalized spacial score (nSPS) is 26.4. The van der Waals surface area contributed by atoms with Crippen molar-refractivity contribution in [1.82, 2.24) is 0 Å². The van der Waals surface area contributed by atoms with Gasteiger partial charge >= 0.3 is 5.97 Å². The minimum Gasteiger partial charge on any atom is -0.457 e. The summed E-state index contributed by atoms with van der Waals surface area (Å²) in [4.78, 5) is 12.3. The zero-order valence-corrected chi connectivity index (χ0v) is 15.1. The Morgan fingerprint density at radius 2 is 2.17 bits per heavy atom. The Kier molecular flexibility index (Phi) is 4.25. The van der Waals surface area contributed by atoms with E-state index in [2.05, 4.69) is 43.9 Å². The molecule has 1 aromatic carbocycles. The van der Waals surface area contributed by atoms with Gasteiger partial charge in [0.05, 0.1) is 5.41 Å². The standard InChI is InChI=1S/C22H26O2/c1-6-8-17-12-18-11-16(9-10-20(18)19(17)7-2)15(4)24-21(23)22(5)13-14(22)3/h6-11,14-15H,2,12-13H2,1,3-5H3/b8-6-. The molecule has 0 spiro atoms. The molecule has 1 fully saturated rings. The smallest absolute Gasteiger partial charge is 0.312 e. The molecule has 1 aromatic rings. The van der Waals surface area contributed by atoms with Gasteiger partial charge in [0.15, 0.2) is 0 Å². The summed E-state index contributed by atoms with van der Waals surface area (Å²) >= 11 is 0. The van der Waals surface area contributed by atoms with E-state index < -0.39 is 0 Å². The van der Waals surface area contributed by atoms with Crippen molar-refractivity contribution in [3.05, 3.63) is 65.3 Å². The predicted octanol–water partition coefficient (Wildman–Crippen LogP) is 5.41. The van der Waals surface area contributed by atoms with Crippen LogP contribution < -0.4 is 0 Å². The molecule has 0 radical (unpaired) electrons. The quantitative estimate of drug-likeness (QED) is 0.678. The van der Waals surface area contributed by atoms with Crippen molar-refractivity contribution in [3.8, 4) is 0 Å². The Morgan fingerprint density at radius 1 is 1.46 bits per heavy atom. The number of allylic oxidation sites excluding steroid dienone is 5. The van der Waals surface area contributed by atoms with E-state index >= 15 is 0 Å². The van der Waals surface area contributed by atoms with Crippen LogP contribution in [0.25, 0.3) is 5.57 Å². The molecule has 2 heteroatoms. The first kappa shape index (κ1) is 16.8. The average molecular weight is 322 g/mol. The summed E-state index contributed by atoms with van der Waals surface area (Å²) in [5.41, 5.74) is 5.81. The van der Waals surface area contributed by atoms with E-state index in [1.54, 1.807) is 0 Å². The predicted molar refractivity (Wildman–Crippen MR) is 98.5 cm³/mol. The highest BCUT2D eigenvalue weighted by atomic mass is 16.5. The Hall–Kier alpha value is -2.09. The lowest BCUT2D eigenvalue weighted by Crippen LogP contribution is -2.19. The average Bonchev–Trinajstić information content (AvgIpc) is 3.03. The number of esters is 1. The van der Waals surface area contributed by atoms with E-state index in [4.69, 9.17) is 4.74 Å². The van der Waals surface area contributed by atoms with Gasteiger partial charge in [0.2, 0.25) is 0 Å². The molecule has 126 valence electrons. The van der Waals surface area contributed by atoms with Crippen LogP contribution in [0.4, 0.5) is 0 Å². The number of carbonyl (C=O) groups excluding carboxylic acids is 1. The van der Waals surface area contributed by atoms with Crippen LogP contribution in [0.15, 0.2) is 48.6 Å². The summed E-state index contributed by atoms with van der Waals surface area (Å²) in [6, 6.07) is 6.37. The van der Waals surface area contributed by atoms with Crippen molar-refractivity contribution >= 4 is 11.5 Å². The van der Waals surface area contributed by atoms with Crippen LogP contribution in [0, 0.1) is 11.3 Å². The van der Waals surface area contributed by atoms with Crippen LogP contribution >= 0.6 is 0 Å². The summed E-state index contributed by atoms with van der Waals surface area (Å²) in [6.45, 7) is 12.0. The largest absolute Gasteiger partial charge is 0.457 e. The van der Waals surface area contributed by atoms with Gasteiger partial charge in [-0.25, -0.2) is 0 Å². The van der Waals surface area contributed by atoms with E-state index in [1.807, 2.05) is 26.8 Å². The molecule has 0 heterocycles. The Balaban J connectivity index is 1.78. The minimum atomic E-state index is -0.276. The van der Waals surface area contributed by atoms with Crippen molar-refractivity contribution < 1.29 is 9.53 Å². The van der Waals surface area contributed by atoms with Crippen LogP contribution in [0.3, 0.4) is 0 Å². The Labute approximate surface area is 144 Å². The van der Waals surface area contributed by atoms with Crippen molar-refractivity contribution in [2.75, 3.05) is 0 Å². The SMILES string of the molecule is C=CC1=C(/C=C\C)Cc2cc(C(C)OC(=O)C3(C)CC3C)ccc21. The highest BCUT2D eigenvalue weighted by Crippen LogP contribution is 2.53. The molecule has 24 heavy (non-hydrogen) atoms. The molecule has 0 N–H and O–H groups in total. The van der Waals surface area contributed by atoms with Crippen LogP contribution in [-0.2, 0) is 16.0 Å². The number of carbonyl (C=O) groups is 1. The van der Waals surface area contributed by atoms with Gasteiger partial charge in [0.1, 0.15) is 6.10 Å². The van der Waals surface area contributed by atoms with Crippen molar-refractivity contribution in [1.29, 1.82) is 0 Å². The third-order valence-electron chi connectivity index (χ3n) is 5.60. The molecular weight excluding hydrogens is 296 g/mol. The van der Waals surface area contributed by atoms with Gasteiger partial charge in [-0.3, -0.25) is 4.79 Å². The molecule has 0 aromatic heterocycles. The van der Waals surface area contributed by atoms with E-state index in [0.29, 0.717) is 5.92 Å². The lowest BCUT2D eigenvalue weighted by Gasteiger charge is -2.18. The first-order valence-electron chi connectivity index (χ1n) is 8.73. The second-order valence-electron chi connectivity index (χ2n) is 7.31. The lowest BCUT2D eigenvalue weighted by molar-refractivity contribution is -0.155. The molecule has 3 rings (SSSR count). The number of hydrogen-bond acceptors (Lipinski definition) is 2. The van der Waals surface area contributed by atoms with Gasteiger partial charge in [0.25, 0.3) is 0 Å². The van der Waals surface area contributed by atoms with E-state index in [9.17, 15) is 4.79 Å². The molecular formula is C22H26O2. The Morgan fingerprint density at radius 3 is 2.75 bits per heavy atom. The zero-order chi connectivity index (χ0) is 17.5. The highest BCUT2D eigenvalue weighted by molar-refractivity contribution is 5.84. The van der Waals surface area contributed by atoms with Gasteiger partial charge in [-0.2, -0.15) is 0 Å². The maximum absolute atomic E-state index is 12.3. The van der Waals surface area contributed by atoms with Gasteiger partial charge in [-0.1, -0.05) is 49.9 Å². The van der Waals surface area contributed by atoms with E-state index in [0.717, 1.165) is 18.4 Å². The molecule has 0 aliphatic heterocycles. The molecule has 2 aliphatic carbocycles. The fraction of sp³-hybridized carbons (Fsp3) is 0.409. The summed E-state index contributed by atoms with van der Waals surface area (Å²) in [5.74, 6) is 0.363. The van der Waals surface area contributed by atoms with Crippen LogP contribution in [0.5, 0.6) is 0 Å². The molecule has 1 saturated carbocycles. The zero-order valence-electron chi connectivity index (χ0n) is 15.1. The minimum absolute atomic E-state index is 0.0671. The second-order valence-corrected chi connectivity index (χ2v) is 7.31. The highest BCUT2D eigenvalue weighted by Gasteiger charge is 2.54. The number of hydrogen-bond donors (Lipinski definition) is 0. The van der Waals surface area contributed by atoms with Gasteiger partial charge in [-0.05, 0) is 67.4 Å². The Bertz CT molecular complexity index is 753.